The second-order valence-electron chi connectivity index (χ2n) is 8.27. The molecule has 0 aromatic heterocycles. The zero-order valence-corrected chi connectivity index (χ0v) is 17.9. The Morgan fingerprint density at radius 1 is 1.25 bits per heavy atom. The molecule has 3 unspecified atom stereocenters. The van der Waals surface area contributed by atoms with Crippen LogP contribution < -0.4 is 10.1 Å². The average molecular weight is 409 g/mol. The number of piperidine rings is 2. The van der Waals surface area contributed by atoms with Gasteiger partial charge in [-0.25, -0.2) is 8.42 Å². The first-order valence-electron chi connectivity index (χ1n) is 10.4. The first-order valence-corrected chi connectivity index (χ1v) is 12.0. The summed E-state index contributed by atoms with van der Waals surface area (Å²) in [5.41, 5.74) is 0.711. The normalized spacial score (nSPS) is 25.1. The molecule has 28 heavy (non-hydrogen) atoms. The lowest BCUT2D eigenvalue weighted by Gasteiger charge is -2.48. The molecule has 1 aliphatic carbocycles. The largest absolute Gasteiger partial charge is 0.491 e. The third-order valence-electron chi connectivity index (χ3n) is 5.67. The van der Waals surface area contributed by atoms with E-state index < -0.39 is 10.0 Å². The lowest BCUT2D eigenvalue weighted by Crippen LogP contribution is -2.58. The van der Waals surface area contributed by atoms with Gasteiger partial charge in [0.25, 0.3) is 0 Å². The molecule has 3 fully saturated rings. The van der Waals surface area contributed by atoms with Crippen LogP contribution in [0.3, 0.4) is 0 Å². The molecule has 3 aliphatic rings. The monoisotopic (exact) mass is 408 g/mol. The highest BCUT2D eigenvalue weighted by Crippen LogP contribution is 2.41. The number of rotatable bonds is 8. The number of nitrogens with one attached hydrogen (secondary N) is 1. The number of amides is 1. The van der Waals surface area contributed by atoms with Crippen molar-refractivity contribution in [3.63, 3.8) is 0 Å². The number of unbranched alkanes of at least 4 members (excludes halogenated alkanes) is 1. The quantitative estimate of drug-likeness (QED) is 0.712. The summed E-state index contributed by atoms with van der Waals surface area (Å²) in [5.74, 6) is 0.855. The highest BCUT2D eigenvalue weighted by molar-refractivity contribution is 7.89. The number of sulfonamides is 1. The van der Waals surface area contributed by atoms with Crippen LogP contribution in [0.15, 0.2) is 24.3 Å². The third-order valence-corrected chi connectivity index (χ3v) is 7.61. The molecule has 0 spiro atoms. The Morgan fingerprint density at radius 2 is 1.96 bits per heavy atom. The smallest absolute Gasteiger partial charge is 0.229 e. The summed E-state index contributed by atoms with van der Waals surface area (Å²) in [7, 11) is -3.30. The number of fused-ring (bicyclic) bond motifs is 3. The maximum absolute atomic E-state index is 12.9. The van der Waals surface area contributed by atoms with Crippen LogP contribution in [0.25, 0.3) is 0 Å². The topological polar surface area (TPSA) is 75.7 Å². The number of carbonyl (C=O) groups excluding carboxylic acids is 1. The summed E-state index contributed by atoms with van der Waals surface area (Å²) < 4.78 is 32.8. The Bertz CT molecular complexity index is 776. The van der Waals surface area contributed by atoms with E-state index in [1.165, 1.54) is 0 Å². The highest BCUT2D eigenvalue weighted by atomic mass is 32.2. The molecule has 156 valence electrons. The first kappa shape index (κ1) is 21.1. The zero-order valence-electron chi connectivity index (χ0n) is 17.1. The fourth-order valence-corrected chi connectivity index (χ4v) is 6.30. The van der Waals surface area contributed by atoms with E-state index in [1.54, 1.807) is 4.31 Å². The van der Waals surface area contributed by atoms with E-state index >= 15 is 0 Å². The lowest BCUT2D eigenvalue weighted by molar-refractivity contribution is -0.125. The van der Waals surface area contributed by atoms with Crippen molar-refractivity contribution in [2.45, 2.75) is 65.0 Å². The highest BCUT2D eigenvalue weighted by Gasteiger charge is 2.47. The summed E-state index contributed by atoms with van der Waals surface area (Å²) in [6.45, 7) is 6.50. The van der Waals surface area contributed by atoms with Crippen LogP contribution in [0.4, 0.5) is 5.69 Å². The van der Waals surface area contributed by atoms with Crippen LogP contribution in [0.2, 0.25) is 0 Å². The van der Waals surface area contributed by atoms with Crippen LogP contribution in [0.1, 0.15) is 52.9 Å². The Kier molecular flexibility index (Phi) is 6.65. The molecule has 4 rings (SSSR count). The maximum Gasteiger partial charge on any atom is 0.229 e. The predicted octanol–water partition coefficient (Wildman–Crippen LogP) is 3.64. The molecule has 3 atom stereocenters. The fraction of sp³-hybridized carbons (Fsp3) is 0.667. The van der Waals surface area contributed by atoms with Gasteiger partial charge in [-0.05, 0) is 69.7 Å². The van der Waals surface area contributed by atoms with E-state index in [0.717, 1.165) is 31.4 Å². The van der Waals surface area contributed by atoms with Crippen molar-refractivity contribution < 1.29 is 17.9 Å². The zero-order chi connectivity index (χ0) is 20.3. The van der Waals surface area contributed by atoms with E-state index in [9.17, 15) is 13.2 Å². The molecule has 1 saturated carbocycles. The molecule has 7 heteroatoms. The van der Waals surface area contributed by atoms with Crippen LogP contribution in [-0.2, 0) is 14.8 Å². The Labute approximate surface area is 168 Å². The van der Waals surface area contributed by atoms with Gasteiger partial charge in [0.2, 0.25) is 15.9 Å². The van der Waals surface area contributed by atoms with Gasteiger partial charge in [-0.2, -0.15) is 4.31 Å². The standard InChI is InChI=1S/C21H32N2O4S/c1-4-5-12-28(25,26)23-14-16-6-11-20(23)19(13-16)21(24)22-17-7-9-18(10-8-17)27-15(2)3/h7-10,15-16,19-20H,4-6,11-14H2,1-3H3,(H,22,24). The lowest BCUT2D eigenvalue weighted by atomic mass is 9.73. The second-order valence-corrected chi connectivity index (χ2v) is 10.3. The second kappa shape index (κ2) is 8.82. The Hall–Kier alpha value is -1.60. The van der Waals surface area contributed by atoms with Crippen molar-refractivity contribution >= 4 is 21.6 Å². The molecule has 1 amide bonds. The van der Waals surface area contributed by atoms with Gasteiger partial charge in [-0.1, -0.05) is 13.3 Å². The van der Waals surface area contributed by atoms with Gasteiger partial charge in [-0.15, -0.1) is 0 Å². The van der Waals surface area contributed by atoms with Gasteiger partial charge in [0.1, 0.15) is 5.75 Å². The fourth-order valence-electron chi connectivity index (χ4n) is 4.31. The summed E-state index contributed by atoms with van der Waals surface area (Å²) in [6.07, 6.45) is 4.16. The predicted molar refractivity (Wildman–Crippen MR) is 111 cm³/mol. The van der Waals surface area contributed by atoms with E-state index in [-0.39, 0.29) is 35.6 Å². The Balaban J connectivity index is 1.68. The van der Waals surface area contributed by atoms with E-state index in [2.05, 4.69) is 5.32 Å². The minimum absolute atomic E-state index is 0.0809. The molecular formula is C21H32N2O4S. The van der Waals surface area contributed by atoms with Crippen LogP contribution in [0.5, 0.6) is 5.75 Å². The summed E-state index contributed by atoms with van der Waals surface area (Å²) >= 11 is 0. The molecule has 0 radical (unpaired) electrons. The molecule has 1 N–H and O–H groups in total. The SMILES string of the molecule is CCCCS(=O)(=O)N1CC2CCC1C(C(=O)Nc1ccc(OC(C)C)cc1)C2. The molecule has 2 aliphatic heterocycles. The Morgan fingerprint density at radius 3 is 2.57 bits per heavy atom. The van der Waals surface area contributed by atoms with Crippen molar-refractivity contribution in [3.8, 4) is 5.75 Å². The molecular weight excluding hydrogens is 376 g/mol. The van der Waals surface area contributed by atoms with Gasteiger partial charge in [0.15, 0.2) is 0 Å². The molecule has 2 bridgehead atoms. The van der Waals surface area contributed by atoms with Crippen molar-refractivity contribution in [1.82, 2.24) is 4.31 Å². The number of hydrogen-bond acceptors (Lipinski definition) is 4. The van der Waals surface area contributed by atoms with Gasteiger partial charge in [0, 0.05) is 18.3 Å². The number of benzene rings is 1. The minimum Gasteiger partial charge on any atom is -0.491 e. The van der Waals surface area contributed by atoms with Gasteiger partial charge < -0.3 is 10.1 Å². The van der Waals surface area contributed by atoms with Crippen molar-refractivity contribution in [3.05, 3.63) is 24.3 Å². The summed E-state index contributed by atoms with van der Waals surface area (Å²) in [4.78, 5) is 12.9. The van der Waals surface area contributed by atoms with Gasteiger partial charge in [0.05, 0.1) is 17.8 Å². The van der Waals surface area contributed by atoms with E-state index in [4.69, 9.17) is 4.74 Å². The molecule has 2 heterocycles. The first-order chi connectivity index (χ1) is 13.3. The minimum atomic E-state index is -3.30. The van der Waals surface area contributed by atoms with E-state index in [1.807, 2.05) is 45.0 Å². The third kappa shape index (κ3) is 4.87. The van der Waals surface area contributed by atoms with Crippen LogP contribution in [0, 0.1) is 11.8 Å². The number of nitrogens with zero attached hydrogens (tertiary/aromatic N) is 1. The number of ether oxygens (including phenoxy) is 1. The number of anilines is 1. The molecule has 6 nitrogen and oxygen atoms in total. The molecule has 2 saturated heterocycles. The van der Waals surface area contributed by atoms with Crippen LogP contribution >= 0.6 is 0 Å². The summed E-state index contributed by atoms with van der Waals surface area (Å²) in [5, 5.41) is 2.98. The molecule has 1 aromatic carbocycles. The van der Waals surface area contributed by atoms with E-state index in [0.29, 0.717) is 18.7 Å². The number of hydrogen-bond donors (Lipinski definition) is 1. The molecule has 1 aromatic rings. The van der Waals surface area contributed by atoms with Gasteiger partial charge >= 0.3 is 0 Å². The van der Waals surface area contributed by atoms with Crippen molar-refractivity contribution in [2.24, 2.45) is 11.8 Å². The van der Waals surface area contributed by atoms with Crippen molar-refractivity contribution in [2.75, 3.05) is 17.6 Å². The maximum atomic E-state index is 12.9. The number of carbonyl (C=O) groups is 1. The average Bonchev–Trinajstić information content (AvgIpc) is 2.67. The summed E-state index contributed by atoms with van der Waals surface area (Å²) in [6, 6.07) is 7.11. The van der Waals surface area contributed by atoms with Crippen molar-refractivity contribution in [1.29, 1.82) is 0 Å². The van der Waals surface area contributed by atoms with Crippen LogP contribution in [-0.4, -0.2) is 43.1 Å². The van der Waals surface area contributed by atoms with Gasteiger partial charge in [-0.3, -0.25) is 4.79 Å².